The summed E-state index contributed by atoms with van der Waals surface area (Å²) < 4.78 is 19.0. The van der Waals surface area contributed by atoms with Gasteiger partial charge < -0.3 is 19.6 Å². The number of Topliss-reactive ketones (excluding diaryl/α,β-unsaturated/α-hetero) is 1. The summed E-state index contributed by atoms with van der Waals surface area (Å²) in [5.41, 5.74) is 2.89. The molecule has 3 aliphatic rings. The van der Waals surface area contributed by atoms with E-state index in [-0.39, 0.29) is 17.1 Å². The first-order valence-electron chi connectivity index (χ1n) is 10.4. The molecule has 0 saturated carbocycles. The number of fused-ring (bicyclic) bond motifs is 3. The van der Waals surface area contributed by atoms with Crippen molar-refractivity contribution in [3.8, 4) is 11.5 Å². The monoisotopic (exact) mass is 396 g/mol. The minimum atomic E-state index is -0.537. The Morgan fingerprint density at radius 1 is 1.24 bits per heavy atom. The summed E-state index contributed by atoms with van der Waals surface area (Å²) >= 11 is 0. The van der Waals surface area contributed by atoms with E-state index in [2.05, 4.69) is 28.0 Å². The van der Waals surface area contributed by atoms with Crippen LogP contribution in [0, 0.1) is 5.82 Å². The van der Waals surface area contributed by atoms with E-state index in [0.29, 0.717) is 18.4 Å². The third-order valence-electron chi connectivity index (χ3n) is 6.51. The van der Waals surface area contributed by atoms with Crippen LogP contribution >= 0.6 is 0 Å². The summed E-state index contributed by atoms with van der Waals surface area (Å²) in [6.45, 7) is 4.58. The topological polar surface area (TPSA) is 53.0 Å². The summed E-state index contributed by atoms with van der Waals surface area (Å²) in [4.78, 5) is 17.4. The lowest BCUT2D eigenvalue weighted by atomic mass is 9.89. The number of ketones is 1. The molecule has 5 rings (SSSR count). The number of benzene rings is 2. The van der Waals surface area contributed by atoms with Crippen LogP contribution in [0.25, 0.3) is 0 Å². The number of halogens is 1. The van der Waals surface area contributed by atoms with Gasteiger partial charge in [0.2, 0.25) is 0 Å². The Balaban J connectivity index is 1.21. The lowest BCUT2D eigenvalue weighted by molar-refractivity contribution is 0.0968. The van der Waals surface area contributed by atoms with E-state index in [1.54, 1.807) is 0 Å². The standard InChI is InChI=1S/C23H25FN2O3/c24-15-6-7-17(21(28)13-15)20(27)4-2-9-25-10-8-19-18(14-25)16-3-1-5-22-23(16)26(19)11-12-29-22/h1,3,5-7,13,18-19,28H,2,4,8-12,14H2/t18-,19-/m0/s1. The number of hydrogen-bond donors (Lipinski definition) is 1. The number of hydrogen-bond acceptors (Lipinski definition) is 5. The highest BCUT2D eigenvalue weighted by molar-refractivity contribution is 5.98. The van der Waals surface area contributed by atoms with Gasteiger partial charge in [-0.2, -0.15) is 0 Å². The van der Waals surface area contributed by atoms with Crippen LogP contribution in [-0.4, -0.2) is 54.6 Å². The summed E-state index contributed by atoms with van der Waals surface area (Å²) in [5.74, 6) is 0.548. The van der Waals surface area contributed by atoms with Crippen LogP contribution in [0.2, 0.25) is 0 Å². The van der Waals surface area contributed by atoms with E-state index in [0.717, 1.165) is 57.4 Å². The molecule has 2 aromatic rings. The van der Waals surface area contributed by atoms with Crippen molar-refractivity contribution in [1.82, 2.24) is 4.90 Å². The van der Waals surface area contributed by atoms with Crippen molar-refractivity contribution in [3.05, 3.63) is 53.3 Å². The van der Waals surface area contributed by atoms with Crippen LogP contribution in [0.3, 0.4) is 0 Å². The highest BCUT2D eigenvalue weighted by Crippen LogP contribution is 2.50. The van der Waals surface area contributed by atoms with Gasteiger partial charge in [0, 0.05) is 37.5 Å². The second kappa shape index (κ2) is 7.34. The average molecular weight is 396 g/mol. The molecule has 3 aliphatic heterocycles. The van der Waals surface area contributed by atoms with Gasteiger partial charge >= 0.3 is 0 Å². The highest BCUT2D eigenvalue weighted by Gasteiger charge is 2.44. The van der Waals surface area contributed by atoms with Gasteiger partial charge in [0.1, 0.15) is 23.9 Å². The van der Waals surface area contributed by atoms with E-state index in [1.165, 1.54) is 23.4 Å². The second-order valence-electron chi connectivity index (χ2n) is 8.19. The Morgan fingerprint density at radius 3 is 3.00 bits per heavy atom. The third-order valence-corrected chi connectivity index (χ3v) is 6.51. The molecule has 2 aromatic carbocycles. The van der Waals surface area contributed by atoms with Gasteiger partial charge in [-0.15, -0.1) is 0 Å². The Labute approximate surface area is 169 Å². The first kappa shape index (κ1) is 18.4. The molecular formula is C23H25FN2O3. The van der Waals surface area contributed by atoms with Crippen LogP contribution in [0.4, 0.5) is 10.1 Å². The predicted molar refractivity (Wildman–Crippen MR) is 108 cm³/mol. The first-order chi connectivity index (χ1) is 14.1. The molecule has 0 spiro atoms. The Bertz CT molecular complexity index is 948. The summed E-state index contributed by atoms with van der Waals surface area (Å²) in [7, 11) is 0. The molecule has 0 bridgehead atoms. The number of phenolic OH excluding ortho intramolecular Hbond substituents is 1. The number of phenols is 1. The number of anilines is 1. The minimum absolute atomic E-state index is 0.137. The number of piperidine rings is 1. The fourth-order valence-electron chi connectivity index (χ4n) is 5.19. The van der Waals surface area contributed by atoms with Crippen LogP contribution in [-0.2, 0) is 0 Å². The van der Waals surface area contributed by atoms with Crippen molar-refractivity contribution in [3.63, 3.8) is 0 Å². The number of ether oxygens (including phenoxy) is 1. The molecule has 2 atom stereocenters. The van der Waals surface area contributed by atoms with Crippen molar-refractivity contribution >= 4 is 11.5 Å². The number of carbonyl (C=O) groups excluding carboxylic acids is 1. The molecule has 1 N–H and O–H groups in total. The van der Waals surface area contributed by atoms with Gasteiger partial charge in [-0.05, 0) is 43.1 Å². The van der Waals surface area contributed by atoms with Gasteiger partial charge in [0.15, 0.2) is 5.78 Å². The lowest BCUT2D eigenvalue weighted by Gasteiger charge is -2.40. The Hall–Kier alpha value is -2.60. The van der Waals surface area contributed by atoms with Gasteiger partial charge in [0.25, 0.3) is 0 Å². The van der Waals surface area contributed by atoms with Crippen molar-refractivity contribution < 1.29 is 19.0 Å². The summed E-state index contributed by atoms with van der Waals surface area (Å²) in [5, 5.41) is 9.80. The van der Waals surface area contributed by atoms with E-state index in [1.807, 2.05) is 0 Å². The Kier molecular flexibility index (Phi) is 4.66. The summed E-state index contributed by atoms with van der Waals surface area (Å²) in [6, 6.07) is 10.5. The SMILES string of the molecule is O=C(CCCN1CC[C@H]2[C@@H](C1)c1cccc3c1N2CCO3)c1ccc(F)cc1O. The third kappa shape index (κ3) is 3.25. The molecule has 6 heteroatoms. The molecule has 152 valence electrons. The molecule has 0 amide bonds. The van der Waals surface area contributed by atoms with Crippen LogP contribution in [0.1, 0.15) is 41.1 Å². The number of carbonyl (C=O) groups is 1. The van der Waals surface area contributed by atoms with Crippen molar-refractivity contribution in [2.75, 3.05) is 37.7 Å². The number of likely N-dealkylation sites (tertiary alicyclic amines) is 1. The van der Waals surface area contributed by atoms with Crippen molar-refractivity contribution in [2.45, 2.75) is 31.2 Å². The fraction of sp³-hybridized carbons (Fsp3) is 0.435. The highest BCUT2D eigenvalue weighted by atomic mass is 19.1. The van der Waals surface area contributed by atoms with Crippen LogP contribution < -0.4 is 9.64 Å². The maximum absolute atomic E-state index is 13.1. The number of aromatic hydroxyl groups is 1. The van der Waals surface area contributed by atoms with E-state index >= 15 is 0 Å². The maximum Gasteiger partial charge on any atom is 0.166 e. The normalized spacial score (nSPS) is 22.7. The van der Waals surface area contributed by atoms with Gasteiger partial charge in [-0.25, -0.2) is 4.39 Å². The summed E-state index contributed by atoms with van der Waals surface area (Å²) in [6.07, 6.45) is 2.20. The number of nitrogens with zero attached hydrogens (tertiary/aromatic N) is 2. The molecule has 1 fully saturated rings. The minimum Gasteiger partial charge on any atom is -0.507 e. The molecule has 1 saturated heterocycles. The van der Waals surface area contributed by atoms with Gasteiger partial charge in [-0.1, -0.05) is 12.1 Å². The molecule has 29 heavy (non-hydrogen) atoms. The fourth-order valence-corrected chi connectivity index (χ4v) is 5.19. The second-order valence-corrected chi connectivity index (χ2v) is 8.19. The van der Waals surface area contributed by atoms with E-state index < -0.39 is 5.82 Å². The molecule has 0 unspecified atom stereocenters. The smallest absolute Gasteiger partial charge is 0.166 e. The molecule has 0 aliphatic carbocycles. The zero-order valence-electron chi connectivity index (χ0n) is 16.3. The Morgan fingerprint density at radius 2 is 2.14 bits per heavy atom. The molecular weight excluding hydrogens is 371 g/mol. The lowest BCUT2D eigenvalue weighted by Crippen LogP contribution is -2.48. The quantitative estimate of drug-likeness (QED) is 0.784. The largest absolute Gasteiger partial charge is 0.507 e. The van der Waals surface area contributed by atoms with E-state index in [9.17, 15) is 14.3 Å². The molecule has 0 radical (unpaired) electrons. The van der Waals surface area contributed by atoms with Crippen LogP contribution in [0.5, 0.6) is 11.5 Å². The van der Waals surface area contributed by atoms with Crippen LogP contribution in [0.15, 0.2) is 36.4 Å². The van der Waals surface area contributed by atoms with E-state index in [4.69, 9.17) is 4.74 Å². The zero-order valence-corrected chi connectivity index (χ0v) is 16.3. The molecule has 0 aromatic heterocycles. The molecule has 5 nitrogen and oxygen atoms in total. The van der Waals surface area contributed by atoms with Gasteiger partial charge in [0.05, 0.1) is 17.8 Å². The number of rotatable bonds is 5. The van der Waals surface area contributed by atoms with Crippen molar-refractivity contribution in [2.24, 2.45) is 0 Å². The average Bonchev–Trinajstić information content (AvgIpc) is 3.04. The first-order valence-corrected chi connectivity index (χ1v) is 10.4. The maximum atomic E-state index is 13.1. The molecule has 3 heterocycles. The zero-order chi connectivity index (χ0) is 20.0. The predicted octanol–water partition coefficient (Wildman–Crippen LogP) is 3.56. The number of para-hydroxylation sites is 1. The van der Waals surface area contributed by atoms with Gasteiger partial charge in [-0.3, -0.25) is 4.79 Å². The van der Waals surface area contributed by atoms with Crippen molar-refractivity contribution in [1.29, 1.82) is 0 Å².